The van der Waals surface area contributed by atoms with E-state index in [9.17, 15) is 9.50 Å². The Labute approximate surface area is 125 Å². The van der Waals surface area contributed by atoms with E-state index in [0.29, 0.717) is 17.2 Å². The van der Waals surface area contributed by atoms with Crippen LogP contribution in [-0.2, 0) is 0 Å². The molecule has 1 heterocycles. The molecule has 0 aliphatic rings. The summed E-state index contributed by atoms with van der Waals surface area (Å²) >= 11 is 3.47. The number of nitrogens with zero attached hydrogens (tertiary/aromatic N) is 2. The first-order chi connectivity index (χ1) is 9.42. The number of aromatic nitrogens is 2. The number of anilines is 1. The molecule has 0 atom stereocenters. The maximum Gasteiger partial charge on any atom is 0.162 e. The third-order valence-corrected chi connectivity index (χ3v) is 3.58. The van der Waals surface area contributed by atoms with E-state index in [4.69, 9.17) is 0 Å². The Morgan fingerprint density at radius 1 is 1.25 bits per heavy atom. The van der Waals surface area contributed by atoms with Crippen LogP contribution in [0.15, 0.2) is 22.7 Å². The third-order valence-electron chi connectivity index (χ3n) is 2.80. The number of hydrogen-bond donors (Lipinski definition) is 2. The molecule has 1 aromatic carbocycles. The van der Waals surface area contributed by atoms with Crippen molar-refractivity contribution < 1.29 is 9.50 Å². The SMILES string of the molecule is CNc1nc(-c2cc(O)cc(F)c2)nc(C(C)C)c1Br. The van der Waals surface area contributed by atoms with Crippen LogP contribution in [0.25, 0.3) is 11.4 Å². The van der Waals surface area contributed by atoms with Crippen LogP contribution >= 0.6 is 15.9 Å². The number of halogens is 2. The number of benzene rings is 1. The van der Waals surface area contributed by atoms with Gasteiger partial charge in [-0.3, -0.25) is 0 Å². The van der Waals surface area contributed by atoms with Gasteiger partial charge >= 0.3 is 0 Å². The van der Waals surface area contributed by atoms with Gasteiger partial charge in [-0.1, -0.05) is 13.8 Å². The molecule has 0 bridgehead atoms. The fraction of sp³-hybridized carbons (Fsp3) is 0.286. The van der Waals surface area contributed by atoms with Crippen molar-refractivity contribution in [3.63, 3.8) is 0 Å². The van der Waals surface area contributed by atoms with Crippen molar-refractivity contribution in [1.82, 2.24) is 9.97 Å². The molecule has 0 radical (unpaired) electrons. The summed E-state index contributed by atoms with van der Waals surface area (Å²) in [5.74, 6) is 0.506. The summed E-state index contributed by atoms with van der Waals surface area (Å²) in [6, 6.07) is 3.78. The number of aromatic hydroxyl groups is 1. The number of rotatable bonds is 3. The average molecular weight is 340 g/mol. The minimum atomic E-state index is -0.524. The molecule has 2 aromatic rings. The van der Waals surface area contributed by atoms with E-state index in [-0.39, 0.29) is 11.7 Å². The summed E-state index contributed by atoms with van der Waals surface area (Å²) in [7, 11) is 1.75. The highest BCUT2D eigenvalue weighted by atomic mass is 79.9. The van der Waals surface area contributed by atoms with Crippen molar-refractivity contribution in [3.8, 4) is 17.1 Å². The van der Waals surface area contributed by atoms with Gasteiger partial charge < -0.3 is 10.4 Å². The first-order valence-electron chi connectivity index (χ1n) is 6.17. The van der Waals surface area contributed by atoms with Gasteiger partial charge in [-0.25, -0.2) is 14.4 Å². The van der Waals surface area contributed by atoms with Crippen LogP contribution < -0.4 is 5.32 Å². The third kappa shape index (κ3) is 2.90. The molecule has 0 unspecified atom stereocenters. The van der Waals surface area contributed by atoms with E-state index in [2.05, 4.69) is 31.2 Å². The molecular weight excluding hydrogens is 325 g/mol. The van der Waals surface area contributed by atoms with Crippen molar-refractivity contribution in [1.29, 1.82) is 0 Å². The maximum absolute atomic E-state index is 13.4. The number of phenols is 1. The summed E-state index contributed by atoms with van der Waals surface area (Å²) in [5, 5.41) is 12.5. The predicted octanol–water partition coefficient (Wildman–Crippen LogP) is 3.92. The molecule has 2 N–H and O–H groups in total. The second kappa shape index (κ2) is 5.75. The van der Waals surface area contributed by atoms with E-state index in [1.165, 1.54) is 12.1 Å². The molecule has 0 amide bonds. The van der Waals surface area contributed by atoms with E-state index >= 15 is 0 Å². The van der Waals surface area contributed by atoms with Crippen molar-refractivity contribution in [2.24, 2.45) is 0 Å². The Balaban J connectivity index is 2.64. The second-order valence-electron chi connectivity index (χ2n) is 4.70. The Morgan fingerprint density at radius 3 is 2.50 bits per heavy atom. The van der Waals surface area contributed by atoms with Crippen LogP contribution in [0.3, 0.4) is 0 Å². The Kier molecular flexibility index (Phi) is 4.23. The van der Waals surface area contributed by atoms with Crippen LogP contribution in [0.2, 0.25) is 0 Å². The van der Waals surface area contributed by atoms with Crippen LogP contribution in [0.4, 0.5) is 10.2 Å². The standard InChI is InChI=1S/C14H15BrFN3O/c1-7(2)12-11(15)14(17-3)19-13(18-12)8-4-9(16)6-10(20)5-8/h4-7,20H,1-3H3,(H,17,18,19). The topological polar surface area (TPSA) is 58.0 Å². The number of hydrogen-bond acceptors (Lipinski definition) is 4. The largest absolute Gasteiger partial charge is 0.508 e. The van der Waals surface area contributed by atoms with Gasteiger partial charge in [0.05, 0.1) is 10.2 Å². The predicted molar refractivity (Wildman–Crippen MR) is 80.4 cm³/mol. The molecule has 2 rings (SSSR count). The molecule has 0 spiro atoms. The highest BCUT2D eigenvalue weighted by Gasteiger charge is 2.16. The lowest BCUT2D eigenvalue weighted by atomic mass is 10.1. The lowest BCUT2D eigenvalue weighted by Crippen LogP contribution is -2.04. The normalized spacial score (nSPS) is 10.9. The van der Waals surface area contributed by atoms with Crippen molar-refractivity contribution in [3.05, 3.63) is 34.2 Å². The summed E-state index contributed by atoms with van der Waals surface area (Å²) in [4.78, 5) is 8.80. The molecule has 0 fully saturated rings. The average Bonchev–Trinajstić information content (AvgIpc) is 2.37. The molecule has 0 saturated heterocycles. The maximum atomic E-state index is 13.4. The molecule has 1 aromatic heterocycles. The zero-order valence-corrected chi connectivity index (χ0v) is 13.0. The van der Waals surface area contributed by atoms with Crippen molar-refractivity contribution in [2.75, 3.05) is 12.4 Å². The summed E-state index contributed by atoms with van der Waals surface area (Å²) in [5.41, 5.74) is 1.26. The van der Waals surface area contributed by atoms with E-state index in [1.807, 2.05) is 13.8 Å². The van der Waals surface area contributed by atoms with Crippen LogP contribution in [-0.4, -0.2) is 22.1 Å². The fourth-order valence-electron chi connectivity index (χ4n) is 1.85. The lowest BCUT2D eigenvalue weighted by Gasteiger charge is -2.13. The van der Waals surface area contributed by atoms with Crippen LogP contribution in [0.1, 0.15) is 25.5 Å². The Hall–Kier alpha value is -1.69. The Bertz CT molecular complexity index is 626. The van der Waals surface area contributed by atoms with Crippen molar-refractivity contribution >= 4 is 21.7 Å². The number of nitrogens with one attached hydrogen (secondary N) is 1. The minimum Gasteiger partial charge on any atom is -0.508 e. The second-order valence-corrected chi connectivity index (χ2v) is 5.49. The fourth-order valence-corrected chi connectivity index (χ4v) is 2.68. The first kappa shape index (κ1) is 14.7. The van der Waals surface area contributed by atoms with Gasteiger partial charge in [-0.05, 0) is 34.0 Å². The zero-order valence-electron chi connectivity index (χ0n) is 11.4. The van der Waals surface area contributed by atoms with Gasteiger partial charge in [0, 0.05) is 18.7 Å². The molecule has 6 heteroatoms. The van der Waals surface area contributed by atoms with Gasteiger partial charge in [-0.15, -0.1) is 0 Å². The molecule has 106 valence electrons. The minimum absolute atomic E-state index is 0.149. The van der Waals surface area contributed by atoms with E-state index in [1.54, 1.807) is 7.05 Å². The van der Waals surface area contributed by atoms with Gasteiger partial charge in [0.1, 0.15) is 17.4 Å². The molecule has 0 aliphatic heterocycles. The summed E-state index contributed by atoms with van der Waals surface area (Å²) in [6.45, 7) is 4.03. The lowest BCUT2D eigenvalue weighted by molar-refractivity contribution is 0.469. The first-order valence-corrected chi connectivity index (χ1v) is 6.96. The highest BCUT2D eigenvalue weighted by Crippen LogP contribution is 2.32. The number of phenolic OH excluding ortho intramolecular Hbond substituents is 1. The quantitative estimate of drug-likeness (QED) is 0.889. The molecule has 4 nitrogen and oxygen atoms in total. The zero-order chi connectivity index (χ0) is 14.9. The van der Waals surface area contributed by atoms with Gasteiger partial charge in [0.15, 0.2) is 5.82 Å². The van der Waals surface area contributed by atoms with Crippen LogP contribution in [0, 0.1) is 5.82 Å². The van der Waals surface area contributed by atoms with Crippen LogP contribution in [0.5, 0.6) is 5.75 Å². The van der Waals surface area contributed by atoms with E-state index < -0.39 is 5.82 Å². The van der Waals surface area contributed by atoms with E-state index in [0.717, 1.165) is 16.2 Å². The summed E-state index contributed by atoms with van der Waals surface area (Å²) < 4.78 is 14.2. The van der Waals surface area contributed by atoms with Crippen molar-refractivity contribution in [2.45, 2.75) is 19.8 Å². The van der Waals surface area contributed by atoms with Gasteiger partial charge in [0.25, 0.3) is 0 Å². The summed E-state index contributed by atoms with van der Waals surface area (Å²) in [6.07, 6.45) is 0. The monoisotopic (exact) mass is 339 g/mol. The molecule has 20 heavy (non-hydrogen) atoms. The van der Waals surface area contributed by atoms with Gasteiger partial charge in [-0.2, -0.15) is 0 Å². The smallest absolute Gasteiger partial charge is 0.162 e. The Morgan fingerprint density at radius 2 is 1.95 bits per heavy atom. The molecule has 0 aliphatic carbocycles. The highest BCUT2D eigenvalue weighted by molar-refractivity contribution is 9.10. The van der Waals surface area contributed by atoms with Gasteiger partial charge in [0.2, 0.25) is 0 Å². The molecular formula is C14H15BrFN3O. The molecule has 0 saturated carbocycles.